The molecule has 0 bridgehead atoms. The summed E-state index contributed by atoms with van der Waals surface area (Å²) in [6.45, 7) is 0. The number of aliphatic hydroxyl groups excluding tert-OH is 2. The lowest BCUT2D eigenvalue weighted by Gasteiger charge is -2.23. The highest BCUT2D eigenvalue weighted by atomic mass is 19.1. The minimum atomic E-state index is -1.27. The van der Waals surface area contributed by atoms with Gasteiger partial charge in [0.15, 0.2) is 23.2 Å². The Morgan fingerprint density at radius 1 is 1.06 bits per heavy atom. The second kappa shape index (κ2) is 8.82. The van der Waals surface area contributed by atoms with Gasteiger partial charge in [-0.2, -0.15) is 0 Å². The molecule has 32 heavy (non-hydrogen) atoms. The third kappa shape index (κ3) is 3.93. The number of rotatable bonds is 3. The van der Waals surface area contributed by atoms with E-state index in [0.717, 1.165) is 12.8 Å². The number of aliphatic hydroxyl groups is 2. The van der Waals surface area contributed by atoms with Crippen molar-refractivity contribution < 1.29 is 19.3 Å². The molecule has 3 aromatic rings. The molecule has 3 heterocycles. The summed E-state index contributed by atoms with van der Waals surface area (Å²) < 4.78 is 21.2. The lowest BCUT2D eigenvalue weighted by molar-refractivity contribution is -0.0230. The van der Waals surface area contributed by atoms with Crippen molar-refractivity contribution in [3.63, 3.8) is 0 Å². The van der Waals surface area contributed by atoms with E-state index in [0.29, 0.717) is 23.0 Å². The number of nitrogens with one attached hydrogen (secondary N) is 1. The van der Waals surface area contributed by atoms with Gasteiger partial charge >= 0.3 is 0 Å². The summed E-state index contributed by atoms with van der Waals surface area (Å²) in [4.78, 5) is 13.1. The van der Waals surface area contributed by atoms with Crippen LogP contribution in [0.5, 0.6) is 0 Å². The number of benzene rings is 1. The van der Waals surface area contributed by atoms with Crippen LogP contribution in [-0.2, 0) is 4.74 Å². The number of ether oxygens (including phenoxy) is 1. The van der Waals surface area contributed by atoms with Gasteiger partial charge in [0.25, 0.3) is 0 Å². The number of aromatic nitrogens is 4. The molecule has 0 spiro atoms. The zero-order valence-corrected chi connectivity index (χ0v) is 17.4. The Labute approximate surface area is 184 Å². The Hall–Kier alpha value is -3.06. The van der Waals surface area contributed by atoms with Crippen molar-refractivity contribution in [3.05, 3.63) is 48.3 Å². The maximum Gasteiger partial charge on any atom is 0.167 e. The number of imidazole rings is 1. The van der Waals surface area contributed by atoms with Gasteiger partial charge in [-0.3, -0.25) is 4.57 Å². The van der Waals surface area contributed by atoms with Crippen LogP contribution in [0.25, 0.3) is 11.2 Å². The molecule has 5 rings (SSSR count). The molecule has 2 fully saturated rings. The van der Waals surface area contributed by atoms with Crippen molar-refractivity contribution in [2.24, 2.45) is 0 Å². The van der Waals surface area contributed by atoms with E-state index < -0.39 is 30.4 Å². The normalized spacial score (nSPS) is 26.1. The second-order valence-electron chi connectivity index (χ2n) is 8.20. The average Bonchev–Trinajstić information content (AvgIpc) is 3.36. The SMILES string of the molecule is O[C@@H]1[C@H](O)[C@@H](C#Cc2ccccc2F)O[C@H]1n1cnc2c(NC3CCCCC3)ncnc21. The molecule has 1 aromatic carbocycles. The van der Waals surface area contributed by atoms with Crippen LogP contribution >= 0.6 is 0 Å². The van der Waals surface area contributed by atoms with Crippen molar-refractivity contribution in [1.82, 2.24) is 19.5 Å². The van der Waals surface area contributed by atoms with Gasteiger partial charge in [0.05, 0.1) is 11.9 Å². The maximum absolute atomic E-state index is 13.8. The first kappa shape index (κ1) is 20.8. The Balaban J connectivity index is 1.39. The first-order chi connectivity index (χ1) is 15.6. The first-order valence-corrected chi connectivity index (χ1v) is 10.8. The highest BCUT2D eigenvalue weighted by molar-refractivity contribution is 5.82. The van der Waals surface area contributed by atoms with Gasteiger partial charge in [-0.25, -0.2) is 19.3 Å². The zero-order valence-electron chi connectivity index (χ0n) is 17.4. The molecule has 0 amide bonds. The van der Waals surface area contributed by atoms with Crippen molar-refractivity contribution >= 4 is 17.0 Å². The van der Waals surface area contributed by atoms with Crippen molar-refractivity contribution in [3.8, 4) is 11.8 Å². The van der Waals surface area contributed by atoms with Crippen molar-refractivity contribution in [2.45, 2.75) is 62.7 Å². The standard InChI is InChI=1S/C23H24FN5O3/c24-16-9-5-4-6-14(16)10-11-17-19(30)20(31)23(32-17)29-13-27-18-21(25-12-26-22(18)29)28-15-7-2-1-3-8-15/h4-6,9,12-13,15,17,19-20,23,30-31H,1-3,7-8H2,(H,25,26,28)/t17-,19-,20-,23-/m1/s1. The Morgan fingerprint density at radius 3 is 2.69 bits per heavy atom. The van der Waals surface area contributed by atoms with E-state index in [1.54, 1.807) is 22.8 Å². The molecule has 2 aliphatic rings. The molecule has 8 nitrogen and oxygen atoms in total. The fourth-order valence-corrected chi connectivity index (χ4v) is 4.30. The van der Waals surface area contributed by atoms with Gasteiger partial charge in [0.1, 0.15) is 30.5 Å². The minimum Gasteiger partial charge on any atom is -0.386 e. The summed E-state index contributed by atoms with van der Waals surface area (Å²) in [5.74, 6) is 5.59. The van der Waals surface area contributed by atoms with Crippen LogP contribution in [0, 0.1) is 17.7 Å². The van der Waals surface area contributed by atoms with E-state index in [2.05, 4.69) is 32.1 Å². The van der Waals surface area contributed by atoms with E-state index in [4.69, 9.17) is 4.74 Å². The number of nitrogens with zero attached hydrogens (tertiary/aromatic N) is 4. The Bertz CT molecular complexity index is 1170. The summed E-state index contributed by atoms with van der Waals surface area (Å²) in [6, 6.07) is 6.44. The largest absolute Gasteiger partial charge is 0.386 e. The molecule has 3 N–H and O–H groups in total. The average molecular weight is 437 g/mol. The van der Waals surface area contributed by atoms with Gasteiger partial charge in [0.2, 0.25) is 0 Å². The van der Waals surface area contributed by atoms with Gasteiger partial charge < -0.3 is 20.3 Å². The zero-order chi connectivity index (χ0) is 22.1. The summed E-state index contributed by atoms with van der Waals surface area (Å²) >= 11 is 0. The minimum absolute atomic E-state index is 0.195. The van der Waals surface area contributed by atoms with Gasteiger partial charge in [-0.15, -0.1) is 0 Å². The molecule has 9 heteroatoms. The van der Waals surface area contributed by atoms with E-state index in [1.165, 1.54) is 38.0 Å². The number of halogens is 1. The fourth-order valence-electron chi connectivity index (χ4n) is 4.30. The van der Waals surface area contributed by atoms with Crippen LogP contribution in [0.3, 0.4) is 0 Å². The van der Waals surface area contributed by atoms with Crippen molar-refractivity contribution in [1.29, 1.82) is 0 Å². The van der Waals surface area contributed by atoms with Crippen LogP contribution in [0.1, 0.15) is 43.9 Å². The van der Waals surface area contributed by atoms with Crippen LogP contribution in [-0.4, -0.2) is 54.1 Å². The fraction of sp³-hybridized carbons (Fsp3) is 0.435. The smallest absolute Gasteiger partial charge is 0.167 e. The molecule has 1 saturated carbocycles. The summed E-state index contributed by atoms with van der Waals surface area (Å²) in [5.41, 5.74) is 1.25. The first-order valence-electron chi connectivity index (χ1n) is 10.8. The molecule has 1 aliphatic carbocycles. The quantitative estimate of drug-likeness (QED) is 0.541. The highest BCUT2D eigenvalue weighted by Gasteiger charge is 2.43. The highest BCUT2D eigenvalue weighted by Crippen LogP contribution is 2.32. The molecule has 1 aliphatic heterocycles. The van der Waals surface area contributed by atoms with E-state index in [1.807, 2.05) is 0 Å². The van der Waals surface area contributed by atoms with E-state index in [9.17, 15) is 14.6 Å². The van der Waals surface area contributed by atoms with Gasteiger partial charge in [-0.1, -0.05) is 43.2 Å². The number of anilines is 1. The van der Waals surface area contributed by atoms with Gasteiger partial charge in [0, 0.05) is 6.04 Å². The summed E-state index contributed by atoms with van der Waals surface area (Å²) in [7, 11) is 0. The third-order valence-electron chi connectivity index (χ3n) is 6.04. The Kier molecular flexibility index (Phi) is 5.74. The lowest BCUT2D eigenvalue weighted by atomic mass is 9.95. The number of hydrogen-bond donors (Lipinski definition) is 3. The molecular weight excluding hydrogens is 413 g/mol. The van der Waals surface area contributed by atoms with Crippen molar-refractivity contribution in [2.75, 3.05) is 5.32 Å². The van der Waals surface area contributed by atoms with Crippen LogP contribution in [0.2, 0.25) is 0 Å². The third-order valence-corrected chi connectivity index (χ3v) is 6.04. The van der Waals surface area contributed by atoms with Crippen LogP contribution < -0.4 is 5.32 Å². The van der Waals surface area contributed by atoms with E-state index in [-0.39, 0.29) is 5.56 Å². The van der Waals surface area contributed by atoms with E-state index >= 15 is 0 Å². The summed E-state index contributed by atoms with van der Waals surface area (Å²) in [6.07, 6.45) is 4.32. The van der Waals surface area contributed by atoms with Crippen LogP contribution in [0.15, 0.2) is 36.9 Å². The predicted molar refractivity (Wildman–Crippen MR) is 115 cm³/mol. The number of fused-ring (bicyclic) bond motifs is 1. The number of hydrogen-bond acceptors (Lipinski definition) is 7. The molecule has 4 atom stereocenters. The second-order valence-corrected chi connectivity index (χ2v) is 8.20. The molecule has 2 aromatic heterocycles. The van der Waals surface area contributed by atoms with Gasteiger partial charge in [-0.05, 0) is 25.0 Å². The molecular formula is C23H24FN5O3. The molecule has 0 radical (unpaired) electrons. The predicted octanol–water partition coefficient (Wildman–Crippen LogP) is 2.38. The lowest BCUT2D eigenvalue weighted by Crippen LogP contribution is -2.31. The maximum atomic E-state index is 13.8. The molecule has 1 saturated heterocycles. The molecule has 166 valence electrons. The Morgan fingerprint density at radius 2 is 1.88 bits per heavy atom. The summed E-state index contributed by atoms with van der Waals surface area (Å²) in [5, 5.41) is 24.5. The topological polar surface area (TPSA) is 105 Å². The van der Waals surface area contributed by atoms with Crippen LogP contribution in [0.4, 0.5) is 10.2 Å². The molecule has 0 unspecified atom stereocenters. The monoisotopic (exact) mass is 437 g/mol.